The molecule has 8 nitrogen and oxygen atoms in total. The zero-order valence-corrected chi connectivity index (χ0v) is 11.0. The smallest absolute Gasteiger partial charge is 0.273 e. The summed E-state index contributed by atoms with van der Waals surface area (Å²) in [5, 5.41) is 18.9. The average molecular weight is 281 g/mol. The summed E-state index contributed by atoms with van der Waals surface area (Å²) >= 11 is 1.22. The van der Waals surface area contributed by atoms with Crippen LogP contribution in [0.1, 0.15) is 5.82 Å². The molecule has 0 saturated heterocycles. The van der Waals surface area contributed by atoms with Gasteiger partial charge in [0.2, 0.25) is 5.16 Å². The average Bonchev–Trinajstić information content (AvgIpc) is 2.71. The van der Waals surface area contributed by atoms with Crippen LogP contribution in [0.4, 0.5) is 5.69 Å². The molecule has 0 spiro atoms. The molecule has 0 amide bonds. The molecule has 0 bridgehead atoms. The summed E-state index contributed by atoms with van der Waals surface area (Å²) in [6.45, 7) is 1.73. The van der Waals surface area contributed by atoms with Gasteiger partial charge in [-0.2, -0.15) is 0 Å². The predicted octanol–water partition coefficient (Wildman–Crippen LogP) is 1.37. The molecule has 2 rings (SSSR count). The van der Waals surface area contributed by atoms with E-state index < -0.39 is 4.92 Å². The van der Waals surface area contributed by atoms with Gasteiger partial charge < -0.3 is 10.6 Å². The second-order valence-electron chi connectivity index (χ2n) is 3.59. The van der Waals surface area contributed by atoms with Crippen LogP contribution in [-0.4, -0.2) is 26.9 Å². The molecule has 2 aromatic rings. The van der Waals surface area contributed by atoms with Crippen molar-refractivity contribution in [2.45, 2.75) is 17.0 Å². The number of nitro groups is 1. The number of benzene rings is 1. The third kappa shape index (κ3) is 2.60. The molecule has 2 N–H and O–H groups in total. The molecule has 1 aromatic carbocycles. The summed E-state index contributed by atoms with van der Waals surface area (Å²) < 4.78 is 6.47. The van der Waals surface area contributed by atoms with E-state index in [1.165, 1.54) is 35.7 Å². The van der Waals surface area contributed by atoms with E-state index in [2.05, 4.69) is 10.2 Å². The van der Waals surface area contributed by atoms with Crippen molar-refractivity contribution >= 4 is 17.4 Å². The normalized spacial score (nSPS) is 10.4. The second kappa shape index (κ2) is 5.14. The van der Waals surface area contributed by atoms with Crippen molar-refractivity contribution in [3.63, 3.8) is 0 Å². The van der Waals surface area contributed by atoms with Crippen LogP contribution in [-0.2, 0) is 0 Å². The molecule has 0 aliphatic rings. The molecule has 0 saturated carbocycles. The molecule has 0 unspecified atom stereocenters. The fourth-order valence-electron chi connectivity index (χ4n) is 1.37. The summed E-state index contributed by atoms with van der Waals surface area (Å²) in [6, 6.07) is 4.34. The van der Waals surface area contributed by atoms with Gasteiger partial charge in [0.05, 0.1) is 23.0 Å². The lowest BCUT2D eigenvalue weighted by molar-refractivity contribution is -0.385. The highest BCUT2D eigenvalue weighted by molar-refractivity contribution is 7.99. The molecule has 1 heterocycles. The van der Waals surface area contributed by atoms with Crippen molar-refractivity contribution < 1.29 is 9.66 Å². The Kier molecular flexibility index (Phi) is 3.56. The molecular weight excluding hydrogens is 270 g/mol. The van der Waals surface area contributed by atoms with E-state index in [0.717, 1.165) is 0 Å². The summed E-state index contributed by atoms with van der Waals surface area (Å²) in [7, 11) is 1.45. The molecular formula is C10H11N5O3S. The Balaban J connectivity index is 2.35. The van der Waals surface area contributed by atoms with Gasteiger partial charge in [0.15, 0.2) is 0 Å². The van der Waals surface area contributed by atoms with Crippen LogP contribution in [0.5, 0.6) is 5.75 Å². The van der Waals surface area contributed by atoms with E-state index in [-0.39, 0.29) is 5.69 Å². The maximum Gasteiger partial charge on any atom is 0.273 e. The Morgan fingerprint density at radius 2 is 2.21 bits per heavy atom. The largest absolute Gasteiger partial charge is 0.495 e. The fourth-order valence-corrected chi connectivity index (χ4v) is 2.26. The van der Waals surface area contributed by atoms with Crippen LogP contribution in [0.15, 0.2) is 28.3 Å². The minimum atomic E-state index is -0.480. The monoisotopic (exact) mass is 281 g/mol. The number of nitro benzene ring substituents is 1. The first-order valence-electron chi connectivity index (χ1n) is 5.20. The highest BCUT2D eigenvalue weighted by atomic mass is 32.2. The van der Waals surface area contributed by atoms with Gasteiger partial charge in [-0.3, -0.25) is 10.1 Å². The second-order valence-corrected chi connectivity index (χ2v) is 4.60. The first-order valence-corrected chi connectivity index (χ1v) is 6.02. The quantitative estimate of drug-likeness (QED) is 0.512. The number of nitrogens with zero attached hydrogens (tertiary/aromatic N) is 4. The van der Waals surface area contributed by atoms with E-state index in [0.29, 0.717) is 21.6 Å². The molecule has 100 valence electrons. The lowest BCUT2D eigenvalue weighted by atomic mass is 10.3. The van der Waals surface area contributed by atoms with E-state index in [1.54, 1.807) is 13.0 Å². The van der Waals surface area contributed by atoms with Crippen LogP contribution < -0.4 is 10.6 Å². The van der Waals surface area contributed by atoms with Gasteiger partial charge in [0.1, 0.15) is 11.6 Å². The number of ether oxygens (including phenoxy) is 1. The molecule has 0 fully saturated rings. The van der Waals surface area contributed by atoms with Crippen molar-refractivity contribution in [3.05, 3.63) is 34.1 Å². The lowest BCUT2D eigenvalue weighted by Crippen LogP contribution is -2.11. The number of aryl methyl sites for hydroxylation is 1. The fraction of sp³-hybridized carbons (Fsp3) is 0.200. The number of hydrogen-bond donors (Lipinski definition) is 1. The molecule has 0 aliphatic carbocycles. The van der Waals surface area contributed by atoms with Gasteiger partial charge in [-0.15, -0.1) is 10.2 Å². The molecule has 19 heavy (non-hydrogen) atoms. The topological polar surface area (TPSA) is 109 Å². The van der Waals surface area contributed by atoms with Crippen LogP contribution in [0, 0.1) is 17.0 Å². The standard InChI is InChI=1S/C10H11N5O3S/c1-6-12-13-10(14(6)11)19-9-4-3-7(15(16)17)5-8(9)18-2/h3-5H,11H2,1-2H3. The van der Waals surface area contributed by atoms with Crippen molar-refractivity contribution in [2.75, 3.05) is 13.0 Å². The van der Waals surface area contributed by atoms with E-state index in [4.69, 9.17) is 10.6 Å². The van der Waals surface area contributed by atoms with E-state index in [1.807, 2.05) is 0 Å². The molecule has 0 radical (unpaired) electrons. The van der Waals surface area contributed by atoms with E-state index >= 15 is 0 Å². The van der Waals surface area contributed by atoms with Gasteiger partial charge >= 0.3 is 0 Å². The van der Waals surface area contributed by atoms with Crippen LogP contribution in [0.3, 0.4) is 0 Å². The molecule has 0 atom stereocenters. The predicted molar refractivity (Wildman–Crippen MR) is 68.7 cm³/mol. The minimum Gasteiger partial charge on any atom is -0.495 e. The third-order valence-electron chi connectivity index (χ3n) is 2.39. The number of rotatable bonds is 4. The van der Waals surface area contributed by atoms with Crippen molar-refractivity contribution in [2.24, 2.45) is 0 Å². The van der Waals surface area contributed by atoms with Gasteiger partial charge in [0.25, 0.3) is 5.69 Å². The van der Waals surface area contributed by atoms with Gasteiger partial charge in [-0.1, -0.05) is 0 Å². The zero-order valence-electron chi connectivity index (χ0n) is 10.2. The SMILES string of the molecule is COc1cc([N+](=O)[O-])ccc1Sc1nnc(C)n1N. The van der Waals surface area contributed by atoms with E-state index in [9.17, 15) is 10.1 Å². The number of non-ortho nitro benzene ring substituents is 1. The summed E-state index contributed by atoms with van der Waals surface area (Å²) in [5.41, 5.74) is -0.0356. The highest BCUT2D eigenvalue weighted by Gasteiger charge is 2.15. The number of aromatic nitrogens is 3. The number of nitrogen functional groups attached to an aromatic ring is 1. The first kappa shape index (κ1) is 13.1. The first-order chi connectivity index (χ1) is 9.02. The maximum atomic E-state index is 10.7. The van der Waals surface area contributed by atoms with Crippen molar-refractivity contribution in [3.8, 4) is 5.75 Å². The summed E-state index contributed by atoms with van der Waals surface area (Å²) in [5.74, 6) is 6.70. The Morgan fingerprint density at radius 1 is 1.47 bits per heavy atom. The number of nitrogens with two attached hydrogens (primary N) is 1. The van der Waals surface area contributed by atoms with Crippen LogP contribution in [0.25, 0.3) is 0 Å². The minimum absolute atomic E-state index is 0.0356. The number of hydrogen-bond acceptors (Lipinski definition) is 7. The Hall–Kier alpha value is -2.29. The third-order valence-corrected chi connectivity index (χ3v) is 3.41. The number of methoxy groups -OCH3 is 1. The lowest BCUT2D eigenvalue weighted by Gasteiger charge is -2.07. The molecule has 9 heteroatoms. The van der Waals surface area contributed by atoms with Gasteiger partial charge in [-0.05, 0) is 24.8 Å². The Labute approximate surface area is 112 Å². The van der Waals surface area contributed by atoms with Crippen molar-refractivity contribution in [1.82, 2.24) is 14.9 Å². The molecule has 1 aromatic heterocycles. The Morgan fingerprint density at radius 3 is 2.74 bits per heavy atom. The van der Waals surface area contributed by atoms with Gasteiger partial charge in [0, 0.05) is 6.07 Å². The van der Waals surface area contributed by atoms with Gasteiger partial charge in [-0.25, -0.2) is 4.68 Å². The van der Waals surface area contributed by atoms with Crippen molar-refractivity contribution in [1.29, 1.82) is 0 Å². The summed E-state index contributed by atoms with van der Waals surface area (Å²) in [4.78, 5) is 10.9. The van der Waals surface area contributed by atoms with Crippen LogP contribution in [0.2, 0.25) is 0 Å². The highest BCUT2D eigenvalue weighted by Crippen LogP contribution is 2.35. The molecule has 0 aliphatic heterocycles. The Bertz CT molecular complexity index is 628. The van der Waals surface area contributed by atoms with Crippen LogP contribution >= 0.6 is 11.8 Å². The zero-order chi connectivity index (χ0) is 14.0. The summed E-state index contributed by atoms with van der Waals surface area (Å²) in [6.07, 6.45) is 0. The maximum absolute atomic E-state index is 10.7.